The topological polar surface area (TPSA) is 98.2 Å². The second-order valence-corrected chi connectivity index (χ2v) is 6.27. The van der Waals surface area contributed by atoms with Crippen LogP contribution in [-0.4, -0.2) is 8.42 Å². The summed E-state index contributed by atoms with van der Waals surface area (Å²) in [5.41, 5.74) is 8.99. The molecule has 2 aromatic carbocycles. The minimum Gasteiger partial charge on any atom is -0.396 e. The molecule has 0 aliphatic heterocycles. The number of rotatable bonds is 5. The van der Waals surface area contributed by atoms with Crippen molar-refractivity contribution in [3.05, 3.63) is 53.6 Å². The molecular formula is C15H19N3O2S. The van der Waals surface area contributed by atoms with Crippen LogP contribution in [0.2, 0.25) is 0 Å². The van der Waals surface area contributed by atoms with Gasteiger partial charge in [-0.2, -0.15) is 0 Å². The van der Waals surface area contributed by atoms with E-state index in [1.54, 1.807) is 12.1 Å². The van der Waals surface area contributed by atoms with Gasteiger partial charge in [0, 0.05) is 6.54 Å². The Morgan fingerprint density at radius 1 is 1.05 bits per heavy atom. The number of hydrogen-bond acceptors (Lipinski definition) is 4. The fraction of sp³-hybridized carbons (Fsp3) is 0.200. The van der Waals surface area contributed by atoms with E-state index in [4.69, 9.17) is 10.9 Å². The molecular weight excluding hydrogens is 286 g/mol. The van der Waals surface area contributed by atoms with Crippen LogP contribution >= 0.6 is 0 Å². The normalized spacial score (nSPS) is 11.3. The van der Waals surface area contributed by atoms with Crippen molar-refractivity contribution in [1.29, 1.82) is 0 Å². The Kier molecular flexibility index (Phi) is 4.50. The highest BCUT2D eigenvalue weighted by Gasteiger charge is 2.14. The van der Waals surface area contributed by atoms with Crippen molar-refractivity contribution in [2.45, 2.75) is 24.8 Å². The number of para-hydroxylation sites is 1. The van der Waals surface area contributed by atoms with E-state index >= 15 is 0 Å². The average molecular weight is 305 g/mol. The number of primary sulfonamides is 1. The largest absolute Gasteiger partial charge is 0.396 e. The first kappa shape index (κ1) is 15.3. The van der Waals surface area contributed by atoms with Crippen molar-refractivity contribution in [2.24, 2.45) is 5.14 Å². The molecule has 2 aromatic rings. The number of nitrogen functional groups attached to an aromatic ring is 1. The van der Waals surface area contributed by atoms with Gasteiger partial charge in [0.25, 0.3) is 0 Å². The summed E-state index contributed by atoms with van der Waals surface area (Å²) in [6.07, 6.45) is 0.935. The van der Waals surface area contributed by atoms with Crippen LogP contribution in [0, 0.1) is 0 Å². The molecule has 0 amide bonds. The van der Waals surface area contributed by atoms with E-state index in [1.165, 1.54) is 11.6 Å². The van der Waals surface area contributed by atoms with Gasteiger partial charge in [-0.1, -0.05) is 37.3 Å². The molecule has 0 fully saturated rings. The lowest BCUT2D eigenvalue weighted by Crippen LogP contribution is -2.15. The lowest BCUT2D eigenvalue weighted by molar-refractivity contribution is 0.598. The summed E-state index contributed by atoms with van der Waals surface area (Å²) in [7, 11) is -3.82. The second-order valence-electron chi connectivity index (χ2n) is 4.74. The van der Waals surface area contributed by atoms with Gasteiger partial charge >= 0.3 is 0 Å². The van der Waals surface area contributed by atoms with Crippen LogP contribution in [0.3, 0.4) is 0 Å². The zero-order valence-corrected chi connectivity index (χ0v) is 12.7. The number of nitrogens with one attached hydrogen (secondary N) is 1. The third-order valence-corrected chi connectivity index (χ3v) is 4.31. The van der Waals surface area contributed by atoms with Crippen LogP contribution in [0.15, 0.2) is 47.4 Å². The third kappa shape index (κ3) is 3.53. The van der Waals surface area contributed by atoms with Gasteiger partial charge in [0.1, 0.15) is 4.90 Å². The first-order valence-electron chi connectivity index (χ1n) is 6.65. The van der Waals surface area contributed by atoms with Crippen molar-refractivity contribution in [1.82, 2.24) is 0 Å². The van der Waals surface area contributed by atoms with Crippen molar-refractivity contribution in [3.8, 4) is 0 Å². The van der Waals surface area contributed by atoms with E-state index in [9.17, 15) is 8.42 Å². The molecule has 0 aliphatic carbocycles. The van der Waals surface area contributed by atoms with Gasteiger partial charge in [0.15, 0.2) is 0 Å². The van der Waals surface area contributed by atoms with E-state index in [0.717, 1.165) is 12.0 Å². The van der Waals surface area contributed by atoms with Crippen molar-refractivity contribution in [3.63, 3.8) is 0 Å². The van der Waals surface area contributed by atoms with Crippen molar-refractivity contribution >= 4 is 21.4 Å². The minimum atomic E-state index is -3.82. The first-order chi connectivity index (χ1) is 9.93. The molecule has 5 N–H and O–H groups in total. The fourth-order valence-corrected chi connectivity index (χ4v) is 2.90. The van der Waals surface area contributed by atoms with Crippen LogP contribution < -0.4 is 16.2 Å². The van der Waals surface area contributed by atoms with E-state index in [1.807, 2.05) is 18.2 Å². The molecule has 0 radical (unpaired) electrons. The molecule has 0 saturated carbocycles. The maximum atomic E-state index is 11.5. The Hall–Kier alpha value is -2.05. The molecule has 0 bridgehead atoms. The van der Waals surface area contributed by atoms with Crippen LogP contribution in [0.4, 0.5) is 11.4 Å². The average Bonchev–Trinajstić information content (AvgIpc) is 2.45. The Bertz CT molecular complexity index is 742. The summed E-state index contributed by atoms with van der Waals surface area (Å²) < 4.78 is 22.9. The van der Waals surface area contributed by atoms with Gasteiger partial charge in [-0.25, -0.2) is 13.6 Å². The molecule has 21 heavy (non-hydrogen) atoms. The predicted octanol–water partition coefficient (Wildman–Crippen LogP) is 2.09. The van der Waals surface area contributed by atoms with Gasteiger partial charge in [0.2, 0.25) is 10.0 Å². The van der Waals surface area contributed by atoms with Gasteiger partial charge in [-0.3, -0.25) is 0 Å². The zero-order valence-electron chi connectivity index (χ0n) is 11.8. The van der Waals surface area contributed by atoms with Crippen LogP contribution in [-0.2, 0) is 23.0 Å². The highest BCUT2D eigenvalue weighted by Crippen LogP contribution is 2.26. The van der Waals surface area contributed by atoms with E-state index in [2.05, 4.69) is 18.3 Å². The maximum absolute atomic E-state index is 11.5. The third-order valence-electron chi connectivity index (χ3n) is 3.34. The molecule has 0 unspecified atom stereocenters. The van der Waals surface area contributed by atoms with E-state index in [0.29, 0.717) is 12.2 Å². The summed E-state index contributed by atoms with van der Waals surface area (Å²) in [5, 5.41) is 8.32. The van der Waals surface area contributed by atoms with E-state index in [-0.39, 0.29) is 10.6 Å². The Labute approximate surface area is 125 Å². The highest BCUT2D eigenvalue weighted by atomic mass is 32.2. The quantitative estimate of drug-likeness (QED) is 0.737. The molecule has 0 aliphatic rings. The monoisotopic (exact) mass is 305 g/mol. The second kappa shape index (κ2) is 6.15. The van der Waals surface area contributed by atoms with Crippen molar-refractivity contribution < 1.29 is 8.42 Å². The Morgan fingerprint density at radius 2 is 1.71 bits per heavy atom. The standard InChI is InChI=1S/C15H19N3O2S/c1-2-11-6-3-4-7-12(11)10-18-13-8-5-9-14(15(13)16)21(17,19)20/h3-9,18H,2,10,16H2,1H3,(H2,17,19,20). The molecule has 5 nitrogen and oxygen atoms in total. The van der Waals surface area contributed by atoms with Crippen molar-refractivity contribution in [2.75, 3.05) is 11.1 Å². The molecule has 6 heteroatoms. The molecule has 0 heterocycles. The van der Waals surface area contributed by atoms with Gasteiger partial charge < -0.3 is 11.1 Å². The number of nitrogens with two attached hydrogens (primary N) is 2. The van der Waals surface area contributed by atoms with Crippen LogP contribution in [0.25, 0.3) is 0 Å². The summed E-state index contributed by atoms with van der Waals surface area (Å²) in [6, 6.07) is 12.8. The SMILES string of the molecule is CCc1ccccc1CNc1cccc(S(N)(=O)=O)c1N. The minimum absolute atomic E-state index is 0.0590. The first-order valence-corrected chi connectivity index (χ1v) is 8.20. The Balaban J connectivity index is 2.25. The fourth-order valence-electron chi connectivity index (χ4n) is 2.21. The van der Waals surface area contributed by atoms with Gasteiger partial charge in [-0.15, -0.1) is 0 Å². The number of aryl methyl sites for hydroxylation is 1. The number of anilines is 2. The van der Waals surface area contributed by atoms with E-state index < -0.39 is 10.0 Å². The molecule has 0 spiro atoms. The molecule has 112 valence electrons. The maximum Gasteiger partial charge on any atom is 0.240 e. The zero-order chi connectivity index (χ0) is 15.5. The predicted molar refractivity (Wildman–Crippen MR) is 85.4 cm³/mol. The molecule has 0 aromatic heterocycles. The molecule has 0 saturated heterocycles. The van der Waals surface area contributed by atoms with Crippen LogP contribution in [0.1, 0.15) is 18.1 Å². The van der Waals surface area contributed by atoms with Gasteiger partial charge in [-0.05, 0) is 29.7 Å². The summed E-state index contributed by atoms with van der Waals surface area (Å²) >= 11 is 0. The molecule has 0 atom stereocenters. The summed E-state index contributed by atoms with van der Waals surface area (Å²) in [5.74, 6) is 0. The Morgan fingerprint density at radius 3 is 2.33 bits per heavy atom. The summed E-state index contributed by atoms with van der Waals surface area (Å²) in [6.45, 7) is 2.66. The number of sulfonamides is 1. The highest BCUT2D eigenvalue weighted by molar-refractivity contribution is 7.89. The summed E-state index contributed by atoms with van der Waals surface area (Å²) in [4.78, 5) is -0.0590. The molecule has 2 rings (SSSR count). The van der Waals surface area contributed by atoms with Gasteiger partial charge in [0.05, 0.1) is 11.4 Å². The van der Waals surface area contributed by atoms with Crippen LogP contribution in [0.5, 0.6) is 0 Å². The lowest BCUT2D eigenvalue weighted by atomic mass is 10.1. The smallest absolute Gasteiger partial charge is 0.240 e. The number of benzene rings is 2. The number of hydrogen-bond donors (Lipinski definition) is 3. The lowest BCUT2D eigenvalue weighted by Gasteiger charge is -2.13.